The topological polar surface area (TPSA) is 91.1 Å². The maximum absolute atomic E-state index is 12.8. The molecular formula is C17H18FN3O3. The van der Waals surface area contributed by atoms with Gasteiger partial charge in [0, 0.05) is 30.4 Å². The Morgan fingerprint density at radius 2 is 1.62 bits per heavy atom. The van der Waals surface area contributed by atoms with E-state index in [0.717, 1.165) is 0 Å². The van der Waals surface area contributed by atoms with E-state index >= 15 is 0 Å². The molecule has 7 heteroatoms. The molecular weight excluding hydrogens is 313 g/mol. The summed E-state index contributed by atoms with van der Waals surface area (Å²) in [6, 6.07) is 7.96. The molecule has 1 aromatic heterocycles. The van der Waals surface area contributed by atoms with Crippen LogP contribution in [-0.4, -0.2) is 29.9 Å². The molecule has 0 saturated carbocycles. The fourth-order valence-corrected chi connectivity index (χ4v) is 2.16. The van der Waals surface area contributed by atoms with Crippen molar-refractivity contribution in [2.45, 2.75) is 13.3 Å². The van der Waals surface area contributed by atoms with E-state index in [9.17, 15) is 18.8 Å². The van der Waals surface area contributed by atoms with Gasteiger partial charge in [0.2, 0.25) is 5.56 Å². The molecule has 2 rings (SSSR count). The van der Waals surface area contributed by atoms with E-state index in [1.165, 1.54) is 36.4 Å². The second kappa shape index (κ2) is 8.05. The number of carbonyl (C=O) groups excluding carboxylic acids is 2. The van der Waals surface area contributed by atoms with Crippen molar-refractivity contribution in [3.8, 4) is 0 Å². The first-order valence-corrected chi connectivity index (χ1v) is 7.55. The highest BCUT2D eigenvalue weighted by molar-refractivity contribution is 5.95. The third kappa shape index (κ3) is 4.52. The van der Waals surface area contributed by atoms with Gasteiger partial charge in [-0.15, -0.1) is 0 Å². The molecule has 6 nitrogen and oxygen atoms in total. The maximum atomic E-state index is 12.8. The van der Waals surface area contributed by atoms with Crippen LogP contribution >= 0.6 is 0 Å². The number of aromatic nitrogens is 1. The number of amides is 2. The molecule has 1 aromatic carbocycles. The van der Waals surface area contributed by atoms with E-state index in [4.69, 9.17) is 0 Å². The van der Waals surface area contributed by atoms with Crippen molar-refractivity contribution in [3.05, 3.63) is 69.4 Å². The van der Waals surface area contributed by atoms with Crippen molar-refractivity contribution in [1.29, 1.82) is 0 Å². The summed E-state index contributed by atoms with van der Waals surface area (Å²) in [5.41, 5.74) is 1.06. The van der Waals surface area contributed by atoms with Crippen LogP contribution in [0, 0.1) is 5.82 Å². The fourth-order valence-electron chi connectivity index (χ4n) is 2.16. The average Bonchev–Trinajstić information content (AvgIpc) is 2.58. The van der Waals surface area contributed by atoms with Crippen LogP contribution in [0.5, 0.6) is 0 Å². The molecule has 0 aliphatic heterocycles. The number of rotatable bonds is 6. The second-order valence-corrected chi connectivity index (χ2v) is 5.09. The van der Waals surface area contributed by atoms with Gasteiger partial charge in [-0.1, -0.05) is 6.92 Å². The van der Waals surface area contributed by atoms with Crippen molar-refractivity contribution in [1.82, 2.24) is 15.6 Å². The molecule has 2 amide bonds. The summed E-state index contributed by atoms with van der Waals surface area (Å²) in [5, 5.41) is 5.30. The van der Waals surface area contributed by atoms with Crippen LogP contribution in [0.1, 0.15) is 33.3 Å². The molecule has 0 fully saturated rings. The lowest BCUT2D eigenvalue weighted by Crippen LogP contribution is -2.35. The lowest BCUT2D eigenvalue weighted by Gasteiger charge is -2.09. The van der Waals surface area contributed by atoms with E-state index in [2.05, 4.69) is 15.6 Å². The van der Waals surface area contributed by atoms with Gasteiger partial charge in [-0.2, -0.15) is 0 Å². The fraction of sp³-hybridized carbons (Fsp3) is 0.235. The van der Waals surface area contributed by atoms with E-state index in [0.29, 0.717) is 23.2 Å². The van der Waals surface area contributed by atoms with Crippen LogP contribution in [0.25, 0.3) is 0 Å². The molecule has 0 saturated heterocycles. The summed E-state index contributed by atoms with van der Waals surface area (Å²) in [6.07, 6.45) is 0.528. The van der Waals surface area contributed by atoms with Crippen molar-refractivity contribution in [2.24, 2.45) is 0 Å². The molecule has 0 unspecified atom stereocenters. The van der Waals surface area contributed by atoms with Crippen molar-refractivity contribution in [2.75, 3.05) is 13.1 Å². The zero-order valence-corrected chi connectivity index (χ0v) is 13.2. The molecule has 0 radical (unpaired) electrons. The molecule has 0 aliphatic rings. The molecule has 0 bridgehead atoms. The Morgan fingerprint density at radius 1 is 1.00 bits per heavy atom. The zero-order valence-electron chi connectivity index (χ0n) is 13.2. The minimum Gasteiger partial charge on any atom is -0.350 e. The van der Waals surface area contributed by atoms with Gasteiger partial charge in [0.05, 0.1) is 5.56 Å². The third-order valence-electron chi connectivity index (χ3n) is 3.40. The molecule has 0 aliphatic carbocycles. The summed E-state index contributed by atoms with van der Waals surface area (Å²) >= 11 is 0. The average molecular weight is 331 g/mol. The molecule has 126 valence electrons. The SMILES string of the molecule is CCc1[nH]c(=O)ccc1C(=O)NCCNC(=O)c1ccc(F)cc1. The maximum Gasteiger partial charge on any atom is 0.253 e. The van der Waals surface area contributed by atoms with Gasteiger partial charge in [-0.25, -0.2) is 4.39 Å². The van der Waals surface area contributed by atoms with Crippen molar-refractivity contribution >= 4 is 11.8 Å². The standard InChI is InChI=1S/C17H18FN3O3/c1-2-14-13(7-8-15(22)21-14)17(24)20-10-9-19-16(23)11-3-5-12(18)6-4-11/h3-8H,2,9-10H2,1H3,(H,19,23)(H,20,24)(H,21,22). The Morgan fingerprint density at radius 3 is 2.25 bits per heavy atom. The normalized spacial score (nSPS) is 10.2. The number of pyridine rings is 1. The quantitative estimate of drug-likeness (QED) is 0.696. The summed E-state index contributed by atoms with van der Waals surface area (Å²) in [4.78, 5) is 37.8. The van der Waals surface area contributed by atoms with Crippen LogP contribution in [0.3, 0.4) is 0 Å². The molecule has 24 heavy (non-hydrogen) atoms. The van der Waals surface area contributed by atoms with Crippen LogP contribution in [0.15, 0.2) is 41.2 Å². The summed E-state index contributed by atoms with van der Waals surface area (Å²) in [7, 11) is 0. The number of H-pyrrole nitrogens is 1. The predicted octanol–water partition coefficient (Wildman–Crippen LogP) is 1.24. The number of carbonyl (C=O) groups is 2. The molecule has 0 spiro atoms. The lowest BCUT2D eigenvalue weighted by molar-refractivity contribution is 0.0927. The Kier molecular flexibility index (Phi) is 5.83. The van der Waals surface area contributed by atoms with Gasteiger partial charge in [0.15, 0.2) is 0 Å². The summed E-state index contributed by atoms with van der Waals surface area (Å²) in [5.74, 6) is -1.08. The van der Waals surface area contributed by atoms with Crippen LogP contribution in [0.2, 0.25) is 0 Å². The summed E-state index contributed by atoms with van der Waals surface area (Å²) in [6.45, 7) is 2.30. The Labute approximate surface area is 138 Å². The number of benzene rings is 1. The van der Waals surface area contributed by atoms with Gasteiger partial charge in [0.1, 0.15) is 5.82 Å². The number of nitrogens with one attached hydrogen (secondary N) is 3. The van der Waals surface area contributed by atoms with Crippen LogP contribution in [-0.2, 0) is 6.42 Å². The molecule has 1 heterocycles. The minimum absolute atomic E-state index is 0.229. The number of halogens is 1. The Hall–Kier alpha value is -2.96. The lowest BCUT2D eigenvalue weighted by atomic mass is 10.1. The Balaban J connectivity index is 1.84. The first-order chi connectivity index (χ1) is 11.5. The van der Waals surface area contributed by atoms with E-state index in [1.807, 2.05) is 6.92 Å². The monoisotopic (exact) mass is 331 g/mol. The smallest absolute Gasteiger partial charge is 0.253 e. The highest BCUT2D eigenvalue weighted by Gasteiger charge is 2.11. The van der Waals surface area contributed by atoms with Gasteiger partial charge in [0.25, 0.3) is 11.8 Å². The van der Waals surface area contributed by atoms with E-state index in [1.54, 1.807) is 0 Å². The third-order valence-corrected chi connectivity index (χ3v) is 3.40. The first kappa shape index (κ1) is 17.4. The number of aromatic amines is 1. The number of aryl methyl sites for hydroxylation is 1. The van der Waals surface area contributed by atoms with Crippen LogP contribution in [0.4, 0.5) is 4.39 Å². The number of hydrogen-bond donors (Lipinski definition) is 3. The number of hydrogen-bond acceptors (Lipinski definition) is 3. The van der Waals surface area contributed by atoms with Gasteiger partial charge < -0.3 is 15.6 Å². The predicted molar refractivity (Wildman–Crippen MR) is 87.5 cm³/mol. The first-order valence-electron chi connectivity index (χ1n) is 7.55. The van der Waals surface area contributed by atoms with Crippen molar-refractivity contribution < 1.29 is 14.0 Å². The highest BCUT2D eigenvalue weighted by Crippen LogP contribution is 2.04. The van der Waals surface area contributed by atoms with Crippen molar-refractivity contribution in [3.63, 3.8) is 0 Å². The largest absolute Gasteiger partial charge is 0.350 e. The van der Waals surface area contributed by atoms with Gasteiger partial charge in [-0.05, 0) is 36.8 Å². The van der Waals surface area contributed by atoms with Crippen LogP contribution < -0.4 is 16.2 Å². The molecule has 3 N–H and O–H groups in total. The molecule has 2 aromatic rings. The molecule has 0 atom stereocenters. The van der Waals surface area contributed by atoms with Gasteiger partial charge >= 0.3 is 0 Å². The zero-order chi connectivity index (χ0) is 17.5. The minimum atomic E-state index is -0.411. The highest BCUT2D eigenvalue weighted by atomic mass is 19.1. The summed E-state index contributed by atoms with van der Waals surface area (Å²) < 4.78 is 12.8. The Bertz CT molecular complexity index is 784. The second-order valence-electron chi connectivity index (χ2n) is 5.09. The van der Waals surface area contributed by atoms with Gasteiger partial charge in [-0.3, -0.25) is 14.4 Å². The van der Waals surface area contributed by atoms with E-state index < -0.39 is 5.82 Å². The van der Waals surface area contributed by atoms with E-state index in [-0.39, 0.29) is 30.5 Å².